The maximum atomic E-state index is 11.2. The summed E-state index contributed by atoms with van der Waals surface area (Å²) in [7, 11) is 0. The molecular weight excluding hydrogens is 230 g/mol. The summed E-state index contributed by atoms with van der Waals surface area (Å²) in [6, 6.07) is 10.1. The van der Waals surface area contributed by atoms with E-state index in [1.165, 1.54) is 11.9 Å². The fourth-order valence-electron chi connectivity index (χ4n) is 1.60. The number of hydrogen-bond donors (Lipinski definition) is 2. The normalized spacial score (nSPS) is 10.2. The maximum Gasteiger partial charge on any atom is 0.277 e. The molecule has 0 aliphatic carbocycles. The molecule has 18 heavy (non-hydrogen) atoms. The van der Waals surface area contributed by atoms with E-state index in [2.05, 4.69) is 22.1 Å². The topological polar surface area (TPSA) is 81.0 Å². The third kappa shape index (κ3) is 3.10. The minimum atomic E-state index is -0.372. The molecule has 0 atom stereocenters. The Morgan fingerprint density at radius 3 is 2.83 bits per heavy atom. The van der Waals surface area contributed by atoms with E-state index in [-0.39, 0.29) is 17.1 Å². The summed E-state index contributed by atoms with van der Waals surface area (Å²) in [5.74, 6) is 0.201. The lowest BCUT2D eigenvalue weighted by Gasteiger charge is -2.06. The SMILES string of the molecule is Nc1c(OCCCc2ccccc2)nc[nH]c1=O. The Morgan fingerprint density at radius 2 is 2.06 bits per heavy atom. The molecule has 1 aromatic carbocycles. The summed E-state index contributed by atoms with van der Waals surface area (Å²) >= 11 is 0. The first-order chi connectivity index (χ1) is 8.77. The van der Waals surface area contributed by atoms with Gasteiger partial charge in [0.15, 0.2) is 5.69 Å². The Bertz CT molecular complexity index is 552. The summed E-state index contributed by atoms with van der Waals surface area (Å²) in [6.07, 6.45) is 3.05. The number of H-pyrrole nitrogens is 1. The molecule has 1 aromatic heterocycles. The van der Waals surface area contributed by atoms with E-state index in [9.17, 15) is 4.79 Å². The Morgan fingerprint density at radius 1 is 1.28 bits per heavy atom. The van der Waals surface area contributed by atoms with Crippen molar-refractivity contribution in [2.75, 3.05) is 12.3 Å². The van der Waals surface area contributed by atoms with Crippen LogP contribution in [-0.2, 0) is 6.42 Å². The van der Waals surface area contributed by atoms with Gasteiger partial charge in [0.25, 0.3) is 5.56 Å². The smallest absolute Gasteiger partial charge is 0.277 e. The van der Waals surface area contributed by atoms with Crippen molar-refractivity contribution in [3.8, 4) is 5.88 Å². The molecule has 0 unspecified atom stereocenters. The zero-order chi connectivity index (χ0) is 12.8. The van der Waals surface area contributed by atoms with Gasteiger partial charge in [-0.05, 0) is 18.4 Å². The highest BCUT2D eigenvalue weighted by Crippen LogP contribution is 2.11. The van der Waals surface area contributed by atoms with Crippen LogP contribution < -0.4 is 16.0 Å². The van der Waals surface area contributed by atoms with Gasteiger partial charge in [-0.1, -0.05) is 30.3 Å². The van der Waals surface area contributed by atoms with E-state index < -0.39 is 0 Å². The molecule has 5 nitrogen and oxygen atoms in total. The summed E-state index contributed by atoms with van der Waals surface area (Å²) in [4.78, 5) is 17.5. The molecule has 0 fully saturated rings. The minimum Gasteiger partial charge on any atom is -0.476 e. The Labute approximate surface area is 105 Å². The lowest BCUT2D eigenvalue weighted by molar-refractivity contribution is 0.300. The van der Waals surface area contributed by atoms with Crippen molar-refractivity contribution < 1.29 is 4.74 Å². The van der Waals surface area contributed by atoms with Gasteiger partial charge in [-0.3, -0.25) is 4.79 Å². The molecular formula is C13H15N3O2. The van der Waals surface area contributed by atoms with Gasteiger partial charge in [-0.25, -0.2) is 4.98 Å². The highest BCUT2D eigenvalue weighted by Gasteiger charge is 2.04. The van der Waals surface area contributed by atoms with Gasteiger partial charge in [0.1, 0.15) is 0 Å². The highest BCUT2D eigenvalue weighted by atomic mass is 16.5. The Hall–Kier alpha value is -2.30. The van der Waals surface area contributed by atoms with Crippen molar-refractivity contribution in [3.63, 3.8) is 0 Å². The first-order valence-corrected chi connectivity index (χ1v) is 5.77. The first kappa shape index (κ1) is 12.2. The molecule has 0 amide bonds. The van der Waals surface area contributed by atoms with Crippen LogP contribution in [0.1, 0.15) is 12.0 Å². The lowest BCUT2D eigenvalue weighted by Crippen LogP contribution is -2.15. The van der Waals surface area contributed by atoms with Crippen molar-refractivity contribution in [2.24, 2.45) is 0 Å². The molecule has 2 aromatic rings. The number of aryl methyl sites for hydroxylation is 1. The Balaban J connectivity index is 1.82. The lowest BCUT2D eigenvalue weighted by atomic mass is 10.1. The molecule has 0 saturated heterocycles. The van der Waals surface area contributed by atoms with Gasteiger partial charge < -0.3 is 15.5 Å². The van der Waals surface area contributed by atoms with Gasteiger partial charge in [0.05, 0.1) is 12.9 Å². The zero-order valence-corrected chi connectivity index (χ0v) is 9.93. The predicted molar refractivity (Wildman–Crippen MR) is 69.5 cm³/mol. The second-order valence-corrected chi connectivity index (χ2v) is 3.89. The fraction of sp³-hybridized carbons (Fsp3) is 0.231. The van der Waals surface area contributed by atoms with Gasteiger partial charge in [0.2, 0.25) is 5.88 Å². The molecule has 0 radical (unpaired) electrons. The van der Waals surface area contributed by atoms with Crippen molar-refractivity contribution >= 4 is 5.69 Å². The Kier molecular flexibility index (Phi) is 3.96. The second-order valence-electron chi connectivity index (χ2n) is 3.89. The summed E-state index contributed by atoms with van der Waals surface area (Å²) in [6.45, 7) is 0.482. The molecule has 0 spiro atoms. The molecule has 0 aliphatic rings. The molecule has 0 aliphatic heterocycles. The van der Waals surface area contributed by atoms with Crippen LogP contribution in [0.2, 0.25) is 0 Å². The van der Waals surface area contributed by atoms with E-state index in [0.717, 1.165) is 12.8 Å². The van der Waals surface area contributed by atoms with Gasteiger partial charge in [-0.2, -0.15) is 0 Å². The number of aromatic amines is 1. The quantitative estimate of drug-likeness (QED) is 0.779. The predicted octanol–water partition coefficient (Wildman–Crippen LogP) is 1.36. The van der Waals surface area contributed by atoms with E-state index in [4.69, 9.17) is 10.5 Å². The highest BCUT2D eigenvalue weighted by molar-refractivity contribution is 5.44. The van der Waals surface area contributed by atoms with Gasteiger partial charge in [-0.15, -0.1) is 0 Å². The molecule has 0 saturated carbocycles. The molecule has 94 valence electrons. The third-order valence-corrected chi connectivity index (χ3v) is 2.54. The number of rotatable bonds is 5. The number of nitrogen functional groups attached to an aromatic ring is 1. The minimum absolute atomic E-state index is 0.0252. The van der Waals surface area contributed by atoms with Crippen molar-refractivity contribution in [1.29, 1.82) is 0 Å². The molecule has 2 rings (SSSR count). The number of hydrogen-bond acceptors (Lipinski definition) is 4. The van der Waals surface area contributed by atoms with Crippen LogP contribution >= 0.6 is 0 Å². The van der Waals surface area contributed by atoms with Crippen LogP contribution in [0.5, 0.6) is 5.88 Å². The number of ether oxygens (including phenoxy) is 1. The van der Waals surface area contributed by atoms with Crippen LogP contribution in [0.25, 0.3) is 0 Å². The van der Waals surface area contributed by atoms with Gasteiger partial charge in [0, 0.05) is 0 Å². The second kappa shape index (κ2) is 5.86. The standard InChI is InChI=1S/C13H15N3O2/c14-11-12(17)15-9-16-13(11)18-8-4-7-10-5-2-1-3-6-10/h1-3,5-6,9H,4,7-8,14H2,(H,15,16,17). The van der Waals surface area contributed by atoms with Crippen LogP contribution in [0.15, 0.2) is 41.5 Å². The van der Waals surface area contributed by atoms with E-state index >= 15 is 0 Å². The number of benzene rings is 1. The largest absolute Gasteiger partial charge is 0.476 e. The number of aromatic nitrogens is 2. The van der Waals surface area contributed by atoms with E-state index in [1.54, 1.807) is 0 Å². The average molecular weight is 245 g/mol. The molecule has 3 N–H and O–H groups in total. The van der Waals surface area contributed by atoms with Crippen LogP contribution in [0, 0.1) is 0 Å². The number of nitrogens with zero attached hydrogens (tertiary/aromatic N) is 1. The summed E-state index contributed by atoms with van der Waals surface area (Å²) in [5, 5.41) is 0. The van der Waals surface area contributed by atoms with Crippen molar-refractivity contribution in [1.82, 2.24) is 9.97 Å². The van der Waals surface area contributed by atoms with Crippen molar-refractivity contribution in [3.05, 3.63) is 52.6 Å². The fourth-order valence-corrected chi connectivity index (χ4v) is 1.60. The van der Waals surface area contributed by atoms with E-state index in [0.29, 0.717) is 6.61 Å². The number of nitrogens with two attached hydrogens (primary N) is 1. The van der Waals surface area contributed by atoms with Gasteiger partial charge >= 0.3 is 0 Å². The van der Waals surface area contributed by atoms with Crippen LogP contribution in [0.4, 0.5) is 5.69 Å². The third-order valence-electron chi connectivity index (χ3n) is 2.54. The molecule has 0 bridgehead atoms. The van der Waals surface area contributed by atoms with Crippen LogP contribution in [0.3, 0.4) is 0 Å². The monoisotopic (exact) mass is 245 g/mol. The molecule has 5 heteroatoms. The zero-order valence-electron chi connectivity index (χ0n) is 9.93. The van der Waals surface area contributed by atoms with Crippen LogP contribution in [-0.4, -0.2) is 16.6 Å². The summed E-state index contributed by atoms with van der Waals surface area (Å²) in [5.41, 5.74) is 6.46. The van der Waals surface area contributed by atoms with Crippen molar-refractivity contribution in [2.45, 2.75) is 12.8 Å². The van der Waals surface area contributed by atoms with E-state index in [1.807, 2.05) is 18.2 Å². The average Bonchev–Trinajstić information content (AvgIpc) is 2.40. The maximum absolute atomic E-state index is 11.2. The first-order valence-electron chi connectivity index (χ1n) is 5.77. The molecule has 1 heterocycles. The summed E-state index contributed by atoms with van der Waals surface area (Å²) < 4.78 is 5.38. The number of anilines is 1. The number of nitrogens with one attached hydrogen (secondary N) is 1.